The summed E-state index contributed by atoms with van der Waals surface area (Å²) in [7, 11) is 1.87. The molecule has 1 N–H and O–H groups in total. The lowest BCUT2D eigenvalue weighted by atomic mass is 10.0. The number of aromatic nitrogens is 3. The molecule has 0 aliphatic carbocycles. The third-order valence-corrected chi connectivity index (χ3v) is 4.96. The molecule has 7 heteroatoms. The van der Waals surface area contributed by atoms with Gasteiger partial charge in [0.25, 0.3) is 5.91 Å². The van der Waals surface area contributed by atoms with Crippen molar-refractivity contribution in [3.05, 3.63) is 47.2 Å². The number of anilines is 2. The zero-order chi connectivity index (χ0) is 18.3. The highest BCUT2D eigenvalue weighted by atomic mass is 35.5. The van der Waals surface area contributed by atoms with E-state index in [1.54, 1.807) is 10.9 Å². The van der Waals surface area contributed by atoms with Crippen LogP contribution in [0.5, 0.6) is 0 Å². The molecular formula is C19H20ClN5O. The number of aryl methyl sites for hydroxylation is 2. The number of pyridine rings is 1. The standard InChI is InChI=1S/C19H20ClN5O/c1-12-10-18(24(2)23-12)25-9-3-4-17(19(25)26)22-16-7-8-21-15-6-5-13(20)11-14(15)16/h5-8,10-11,17H,3-4,9H2,1-2H3,(H,21,22). The quantitative estimate of drug-likeness (QED) is 0.767. The van der Waals surface area contributed by atoms with Crippen LogP contribution in [0.25, 0.3) is 10.9 Å². The zero-order valence-electron chi connectivity index (χ0n) is 14.7. The summed E-state index contributed by atoms with van der Waals surface area (Å²) in [6, 6.07) is 9.13. The number of carbonyl (C=O) groups excluding carboxylic acids is 1. The topological polar surface area (TPSA) is 63.1 Å². The molecule has 1 saturated heterocycles. The molecule has 0 spiro atoms. The van der Waals surface area contributed by atoms with Gasteiger partial charge in [0.1, 0.15) is 11.9 Å². The molecule has 6 nitrogen and oxygen atoms in total. The van der Waals surface area contributed by atoms with Gasteiger partial charge in [-0.1, -0.05) is 11.6 Å². The Balaban J connectivity index is 1.63. The van der Waals surface area contributed by atoms with Crippen LogP contribution in [0.3, 0.4) is 0 Å². The van der Waals surface area contributed by atoms with Crippen LogP contribution < -0.4 is 10.2 Å². The number of rotatable bonds is 3. The minimum atomic E-state index is -0.288. The second-order valence-electron chi connectivity index (χ2n) is 6.62. The van der Waals surface area contributed by atoms with Crippen molar-refractivity contribution in [2.24, 2.45) is 7.05 Å². The summed E-state index contributed by atoms with van der Waals surface area (Å²) in [5.74, 6) is 0.896. The highest BCUT2D eigenvalue weighted by Gasteiger charge is 2.31. The summed E-state index contributed by atoms with van der Waals surface area (Å²) < 4.78 is 1.76. The number of fused-ring (bicyclic) bond motifs is 1. The molecule has 0 radical (unpaired) electrons. The summed E-state index contributed by atoms with van der Waals surface area (Å²) in [5, 5.41) is 9.33. The smallest absolute Gasteiger partial charge is 0.250 e. The fourth-order valence-corrected chi connectivity index (χ4v) is 3.69. The first-order chi connectivity index (χ1) is 12.5. The van der Waals surface area contributed by atoms with Crippen molar-refractivity contribution in [2.75, 3.05) is 16.8 Å². The summed E-state index contributed by atoms with van der Waals surface area (Å²) in [4.78, 5) is 19.3. The number of carbonyl (C=O) groups is 1. The molecule has 1 fully saturated rings. The summed E-state index contributed by atoms with van der Waals surface area (Å²) in [5.41, 5.74) is 2.63. The van der Waals surface area contributed by atoms with E-state index in [4.69, 9.17) is 11.6 Å². The lowest BCUT2D eigenvalue weighted by Gasteiger charge is -2.33. The first-order valence-electron chi connectivity index (χ1n) is 8.66. The highest BCUT2D eigenvalue weighted by molar-refractivity contribution is 6.31. The van der Waals surface area contributed by atoms with Crippen LogP contribution >= 0.6 is 11.6 Å². The van der Waals surface area contributed by atoms with Gasteiger partial charge in [-0.3, -0.25) is 19.4 Å². The third-order valence-electron chi connectivity index (χ3n) is 4.73. The molecular weight excluding hydrogens is 350 g/mol. The molecule has 1 aliphatic rings. The van der Waals surface area contributed by atoms with E-state index in [-0.39, 0.29) is 11.9 Å². The van der Waals surface area contributed by atoms with E-state index in [2.05, 4.69) is 15.4 Å². The number of amides is 1. The predicted molar refractivity (Wildman–Crippen MR) is 104 cm³/mol. The Bertz CT molecular complexity index is 983. The predicted octanol–water partition coefficient (Wildman–Crippen LogP) is 3.54. The Morgan fingerprint density at radius 2 is 2.12 bits per heavy atom. The van der Waals surface area contributed by atoms with E-state index in [1.807, 2.05) is 49.2 Å². The molecule has 1 aromatic carbocycles. The van der Waals surface area contributed by atoms with E-state index in [1.165, 1.54) is 0 Å². The number of nitrogens with one attached hydrogen (secondary N) is 1. The molecule has 3 heterocycles. The number of benzene rings is 1. The number of hydrogen-bond acceptors (Lipinski definition) is 4. The van der Waals surface area contributed by atoms with Crippen LogP contribution in [0.1, 0.15) is 18.5 Å². The molecule has 2 aromatic heterocycles. The molecule has 134 valence electrons. The molecule has 1 atom stereocenters. The fraction of sp³-hybridized carbons (Fsp3) is 0.316. The SMILES string of the molecule is Cc1cc(N2CCCC(Nc3ccnc4ccc(Cl)cc34)C2=O)n(C)n1. The van der Waals surface area contributed by atoms with E-state index in [0.717, 1.165) is 40.9 Å². The van der Waals surface area contributed by atoms with Crippen molar-refractivity contribution in [3.63, 3.8) is 0 Å². The van der Waals surface area contributed by atoms with Gasteiger partial charge in [0.05, 0.1) is 11.2 Å². The molecule has 1 amide bonds. The monoisotopic (exact) mass is 369 g/mol. The van der Waals surface area contributed by atoms with Crippen molar-refractivity contribution in [1.82, 2.24) is 14.8 Å². The van der Waals surface area contributed by atoms with Gasteiger partial charge in [-0.05, 0) is 44.0 Å². The average molecular weight is 370 g/mol. The van der Waals surface area contributed by atoms with Crippen molar-refractivity contribution < 1.29 is 4.79 Å². The Hall–Kier alpha value is -2.60. The summed E-state index contributed by atoms with van der Waals surface area (Å²) in [6.45, 7) is 2.64. The molecule has 4 rings (SSSR count). The summed E-state index contributed by atoms with van der Waals surface area (Å²) >= 11 is 6.14. The third kappa shape index (κ3) is 3.01. The minimum absolute atomic E-state index is 0.0613. The maximum atomic E-state index is 13.1. The second kappa shape index (κ2) is 6.61. The first-order valence-corrected chi connectivity index (χ1v) is 9.03. The van der Waals surface area contributed by atoms with Gasteiger partial charge in [0.15, 0.2) is 0 Å². The van der Waals surface area contributed by atoms with Crippen molar-refractivity contribution in [3.8, 4) is 0 Å². The van der Waals surface area contributed by atoms with Gasteiger partial charge in [0.2, 0.25) is 0 Å². The van der Waals surface area contributed by atoms with Gasteiger partial charge >= 0.3 is 0 Å². The Labute approximate surface area is 156 Å². The molecule has 26 heavy (non-hydrogen) atoms. The largest absolute Gasteiger partial charge is 0.373 e. The highest BCUT2D eigenvalue weighted by Crippen LogP contribution is 2.28. The van der Waals surface area contributed by atoms with Crippen LogP contribution in [-0.4, -0.2) is 33.3 Å². The van der Waals surface area contributed by atoms with Crippen molar-refractivity contribution in [2.45, 2.75) is 25.8 Å². The van der Waals surface area contributed by atoms with E-state index in [9.17, 15) is 4.79 Å². The van der Waals surface area contributed by atoms with Crippen LogP contribution in [0.4, 0.5) is 11.5 Å². The van der Waals surface area contributed by atoms with Crippen LogP contribution in [0.2, 0.25) is 5.02 Å². The fourth-order valence-electron chi connectivity index (χ4n) is 3.52. The number of piperidine rings is 1. The number of nitrogens with zero attached hydrogens (tertiary/aromatic N) is 4. The Morgan fingerprint density at radius 3 is 2.88 bits per heavy atom. The van der Waals surface area contributed by atoms with Gasteiger partial charge in [0, 0.05) is 42.0 Å². The van der Waals surface area contributed by atoms with Crippen LogP contribution in [-0.2, 0) is 11.8 Å². The van der Waals surface area contributed by atoms with Crippen molar-refractivity contribution in [1.29, 1.82) is 0 Å². The van der Waals surface area contributed by atoms with Gasteiger partial charge in [-0.25, -0.2) is 0 Å². The van der Waals surface area contributed by atoms with Gasteiger partial charge in [-0.2, -0.15) is 5.10 Å². The molecule has 1 aliphatic heterocycles. The lowest BCUT2D eigenvalue weighted by Crippen LogP contribution is -2.48. The molecule has 1 unspecified atom stereocenters. The molecule has 0 saturated carbocycles. The number of halogens is 1. The van der Waals surface area contributed by atoms with Gasteiger partial charge < -0.3 is 5.32 Å². The molecule has 0 bridgehead atoms. The minimum Gasteiger partial charge on any atom is -0.373 e. The van der Waals surface area contributed by atoms with E-state index < -0.39 is 0 Å². The zero-order valence-corrected chi connectivity index (χ0v) is 15.5. The maximum absolute atomic E-state index is 13.1. The van der Waals surface area contributed by atoms with E-state index in [0.29, 0.717) is 11.6 Å². The van der Waals surface area contributed by atoms with Crippen LogP contribution in [0.15, 0.2) is 36.5 Å². The lowest BCUT2D eigenvalue weighted by molar-refractivity contribution is -0.120. The summed E-state index contributed by atoms with van der Waals surface area (Å²) in [6.07, 6.45) is 3.46. The first kappa shape index (κ1) is 16.8. The van der Waals surface area contributed by atoms with Gasteiger partial charge in [-0.15, -0.1) is 0 Å². The Morgan fingerprint density at radius 1 is 1.27 bits per heavy atom. The van der Waals surface area contributed by atoms with Crippen molar-refractivity contribution >= 4 is 39.9 Å². The normalized spacial score (nSPS) is 17.7. The second-order valence-corrected chi connectivity index (χ2v) is 7.05. The van der Waals surface area contributed by atoms with E-state index >= 15 is 0 Å². The van der Waals surface area contributed by atoms with Crippen LogP contribution in [0, 0.1) is 6.92 Å². The molecule has 3 aromatic rings. The number of hydrogen-bond donors (Lipinski definition) is 1. The average Bonchev–Trinajstić information content (AvgIpc) is 2.95. The Kier molecular flexibility index (Phi) is 4.28. The maximum Gasteiger partial charge on any atom is 0.250 e.